The Bertz CT molecular complexity index is 1920. The van der Waals surface area contributed by atoms with E-state index in [2.05, 4.69) is 10.3 Å². The van der Waals surface area contributed by atoms with Crippen LogP contribution >= 0.6 is 23.1 Å². The number of hydrogen-bond acceptors (Lipinski definition) is 9. The van der Waals surface area contributed by atoms with E-state index in [1.54, 1.807) is 36.4 Å². The number of hydrogen-bond donors (Lipinski definition) is 3. The van der Waals surface area contributed by atoms with Crippen LogP contribution in [-0.4, -0.2) is 43.0 Å². The molecule has 1 aromatic heterocycles. The van der Waals surface area contributed by atoms with Crippen LogP contribution in [0.1, 0.15) is 21.9 Å². The second-order valence-corrected chi connectivity index (χ2v) is 13.8. The molecule has 2 aliphatic heterocycles. The van der Waals surface area contributed by atoms with Gasteiger partial charge in [-0.1, -0.05) is 59.0 Å². The van der Waals surface area contributed by atoms with E-state index >= 15 is 0 Å². The number of aryl methyl sites for hydroxylation is 1. The normalized spacial score (nSPS) is 19.6. The molecule has 3 aromatic carbocycles. The molecule has 0 spiro atoms. The number of primary sulfonamides is 1. The highest BCUT2D eigenvalue weighted by Crippen LogP contribution is 2.54. The number of para-hydroxylation sites is 1. The quantitative estimate of drug-likeness (QED) is 0.260. The molecule has 0 aliphatic carbocycles. The van der Waals surface area contributed by atoms with Gasteiger partial charge in [0.25, 0.3) is 5.91 Å². The summed E-state index contributed by atoms with van der Waals surface area (Å²) in [6.07, 6.45) is 0. The molecule has 3 amide bonds. The van der Waals surface area contributed by atoms with Gasteiger partial charge < -0.3 is 15.0 Å². The van der Waals surface area contributed by atoms with Crippen molar-refractivity contribution in [2.75, 3.05) is 16.8 Å². The highest BCUT2D eigenvalue weighted by molar-refractivity contribution is 8.00. The van der Waals surface area contributed by atoms with Crippen molar-refractivity contribution in [1.29, 1.82) is 0 Å². The largest absolute Gasteiger partial charge is 0.483 e. The first-order chi connectivity index (χ1) is 20.5. The van der Waals surface area contributed by atoms with Crippen LogP contribution in [0.25, 0.3) is 0 Å². The molecule has 4 N–H and O–H groups in total. The first-order valence-electron chi connectivity index (χ1n) is 13.0. The number of imide groups is 1. The van der Waals surface area contributed by atoms with Crippen LogP contribution in [0.15, 0.2) is 87.5 Å². The van der Waals surface area contributed by atoms with Crippen LogP contribution in [0.2, 0.25) is 0 Å². The monoisotopic (exact) mass is 636 g/mol. The van der Waals surface area contributed by atoms with E-state index < -0.39 is 39.6 Å². The Hall–Kier alpha value is -4.24. The van der Waals surface area contributed by atoms with Crippen LogP contribution in [-0.2, 0) is 24.4 Å². The minimum Gasteiger partial charge on any atom is -0.483 e. The zero-order valence-corrected chi connectivity index (χ0v) is 24.9. The van der Waals surface area contributed by atoms with Crippen LogP contribution in [0.4, 0.5) is 11.4 Å². The van der Waals surface area contributed by atoms with Gasteiger partial charge in [0, 0.05) is 22.0 Å². The van der Waals surface area contributed by atoms with Crippen molar-refractivity contribution in [3.63, 3.8) is 0 Å². The summed E-state index contributed by atoms with van der Waals surface area (Å²) in [4.78, 5) is 57.0. The second-order valence-electron chi connectivity index (χ2n) is 10.0. The van der Waals surface area contributed by atoms with Gasteiger partial charge in [-0.25, -0.2) is 18.5 Å². The summed E-state index contributed by atoms with van der Waals surface area (Å²) >= 11 is 2.16. The Morgan fingerprint density at radius 2 is 1.70 bits per heavy atom. The van der Waals surface area contributed by atoms with Crippen molar-refractivity contribution in [3.05, 3.63) is 98.5 Å². The number of sulfonamides is 1. The Balaban J connectivity index is 1.29. The lowest BCUT2D eigenvalue weighted by atomic mass is 9.82. The molecule has 43 heavy (non-hydrogen) atoms. The van der Waals surface area contributed by atoms with E-state index in [0.29, 0.717) is 32.6 Å². The number of carbonyl (C=O) groups is 3. The van der Waals surface area contributed by atoms with Crippen molar-refractivity contribution in [2.24, 2.45) is 11.1 Å². The number of carbonyl (C=O) groups excluding carboxylic acids is 3. The van der Waals surface area contributed by atoms with E-state index in [9.17, 15) is 27.6 Å². The van der Waals surface area contributed by atoms with Gasteiger partial charge in [-0.05, 0) is 49.4 Å². The molecule has 3 atom stereocenters. The number of aromatic nitrogens is 1. The number of thiazole rings is 1. The Morgan fingerprint density at radius 3 is 2.40 bits per heavy atom. The number of rotatable bonds is 7. The first-order valence-corrected chi connectivity index (χ1v) is 16.2. The smallest absolute Gasteiger partial charge is 0.305 e. The minimum atomic E-state index is -3.87. The summed E-state index contributed by atoms with van der Waals surface area (Å²) in [7, 11) is -3.87. The molecule has 0 unspecified atom stereocenters. The van der Waals surface area contributed by atoms with Crippen LogP contribution in [0.5, 0.6) is 5.75 Å². The molecule has 14 heteroatoms. The number of nitrogens with one attached hydrogen (secondary N) is 2. The lowest BCUT2D eigenvalue weighted by molar-refractivity contribution is -0.122. The third-order valence-electron chi connectivity index (χ3n) is 7.20. The van der Waals surface area contributed by atoms with Gasteiger partial charge in [-0.2, -0.15) is 0 Å². The summed E-state index contributed by atoms with van der Waals surface area (Å²) in [5.74, 6) is -2.43. The maximum Gasteiger partial charge on any atom is 0.305 e. The molecule has 3 heterocycles. The van der Waals surface area contributed by atoms with Gasteiger partial charge >= 0.3 is 4.87 Å². The van der Waals surface area contributed by atoms with Crippen molar-refractivity contribution >= 4 is 62.2 Å². The summed E-state index contributed by atoms with van der Waals surface area (Å²) in [5, 5.41) is 7.52. The number of amides is 3. The minimum absolute atomic E-state index is 0.0908. The number of nitrogens with zero attached hydrogens (tertiary/aromatic N) is 1. The Labute approximate surface area is 254 Å². The third-order valence-corrected chi connectivity index (χ3v) is 10.5. The summed E-state index contributed by atoms with van der Waals surface area (Å²) in [6.45, 7) is 1.51. The third kappa shape index (κ3) is 5.49. The van der Waals surface area contributed by atoms with Crippen molar-refractivity contribution in [2.45, 2.75) is 28.0 Å². The number of H-pyrrole nitrogens is 1. The van der Waals surface area contributed by atoms with E-state index in [4.69, 9.17) is 9.88 Å². The molecular weight excluding hydrogens is 613 g/mol. The lowest BCUT2D eigenvalue weighted by Crippen LogP contribution is -2.32. The highest BCUT2D eigenvalue weighted by atomic mass is 32.2. The molecule has 1 fully saturated rings. The topological polar surface area (TPSA) is 169 Å². The van der Waals surface area contributed by atoms with E-state index in [0.717, 1.165) is 16.9 Å². The van der Waals surface area contributed by atoms with Gasteiger partial charge in [0.2, 0.25) is 21.8 Å². The van der Waals surface area contributed by atoms with E-state index in [-0.39, 0.29) is 21.6 Å². The summed E-state index contributed by atoms with van der Waals surface area (Å²) in [6, 6.07) is 19.4. The zero-order valence-electron chi connectivity index (χ0n) is 22.5. The molecular formula is C29H24N4O7S3. The summed E-state index contributed by atoms with van der Waals surface area (Å²) in [5.41, 5.74) is 2.37. The van der Waals surface area contributed by atoms with E-state index in [1.165, 1.54) is 40.9 Å². The fourth-order valence-corrected chi connectivity index (χ4v) is 8.26. The molecule has 1 saturated heterocycles. The van der Waals surface area contributed by atoms with Gasteiger partial charge in [0.15, 0.2) is 6.61 Å². The standard InChI is InChI=1S/C29H24N4O7S3/c1-15-6-10-17(11-7-15)33-27(35)23-22(24-26(32-29(37)42-24)41-25(23)28(33)36)19-4-2-3-5-20(19)40-14-21(34)31-16-8-12-18(13-9-16)43(30,38)39/h2-13,22-23,25H,14H2,1H3,(H,31,34)(H,32,37)(H2,30,38,39)/t22-,23-,25+/m0/s1. The van der Waals surface area contributed by atoms with Gasteiger partial charge in [0.1, 0.15) is 11.0 Å². The molecule has 0 saturated carbocycles. The number of aromatic amines is 1. The molecule has 220 valence electrons. The Kier molecular flexibility index (Phi) is 7.46. The molecule has 0 bridgehead atoms. The average molecular weight is 637 g/mol. The molecule has 6 rings (SSSR count). The number of nitrogens with two attached hydrogens (primary N) is 1. The maximum absolute atomic E-state index is 14.0. The number of anilines is 2. The molecule has 0 radical (unpaired) electrons. The van der Waals surface area contributed by atoms with Crippen molar-refractivity contribution < 1.29 is 27.5 Å². The second kappa shape index (κ2) is 11.1. The predicted octanol–water partition coefficient (Wildman–Crippen LogP) is 3.21. The first kappa shape index (κ1) is 28.9. The molecule has 2 aliphatic rings. The maximum atomic E-state index is 14.0. The average Bonchev–Trinajstić information content (AvgIpc) is 3.46. The number of fused-ring (bicyclic) bond motifs is 2. The van der Waals surface area contributed by atoms with Gasteiger partial charge in [-0.3, -0.25) is 19.2 Å². The Morgan fingerprint density at radius 1 is 1.00 bits per heavy atom. The predicted molar refractivity (Wildman–Crippen MR) is 162 cm³/mol. The zero-order chi connectivity index (χ0) is 30.5. The lowest BCUT2D eigenvalue weighted by Gasteiger charge is -2.30. The van der Waals surface area contributed by atoms with Crippen LogP contribution < -0.4 is 25.0 Å². The van der Waals surface area contributed by atoms with Gasteiger partial charge in [0.05, 0.1) is 21.5 Å². The van der Waals surface area contributed by atoms with Crippen molar-refractivity contribution in [1.82, 2.24) is 4.98 Å². The number of thioether (sulfide) groups is 1. The number of benzene rings is 3. The highest BCUT2D eigenvalue weighted by Gasteiger charge is 2.56. The SMILES string of the molecule is Cc1ccc(N2C(=O)[C@H]3[C@H](c4ccccc4OCC(=O)Nc4ccc(S(N)(=O)=O)cc4)c4sc(=O)[nH]c4S[C@H]3C2=O)cc1. The molecule has 11 nitrogen and oxygen atoms in total. The number of ether oxygens (including phenoxy) is 1. The molecule has 4 aromatic rings. The fraction of sp³-hybridized carbons (Fsp3) is 0.172. The fourth-order valence-electron chi connectivity index (χ4n) is 5.24. The summed E-state index contributed by atoms with van der Waals surface area (Å²) < 4.78 is 28.9. The van der Waals surface area contributed by atoms with E-state index in [1.807, 2.05) is 19.1 Å². The van der Waals surface area contributed by atoms with Gasteiger partial charge in [-0.15, -0.1) is 0 Å². The van der Waals surface area contributed by atoms with Crippen LogP contribution in [0, 0.1) is 12.8 Å². The van der Waals surface area contributed by atoms with Crippen LogP contribution in [0.3, 0.4) is 0 Å². The van der Waals surface area contributed by atoms with Crippen molar-refractivity contribution in [3.8, 4) is 5.75 Å².